The van der Waals surface area contributed by atoms with Gasteiger partial charge in [0.25, 0.3) is 0 Å². The summed E-state index contributed by atoms with van der Waals surface area (Å²) in [6.45, 7) is 2.48. The van der Waals surface area contributed by atoms with Crippen molar-refractivity contribution in [3.8, 4) is 0 Å². The van der Waals surface area contributed by atoms with E-state index in [4.69, 9.17) is 0 Å². The Morgan fingerprint density at radius 3 is 1.57 bits per heavy atom. The van der Waals surface area contributed by atoms with Gasteiger partial charge >= 0.3 is 0 Å². The van der Waals surface area contributed by atoms with Crippen molar-refractivity contribution in [3.63, 3.8) is 0 Å². The molecule has 2 rings (SSSR count). The van der Waals surface area contributed by atoms with Gasteiger partial charge in [-0.05, 0) is 38.8 Å². The van der Waals surface area contributed by atoms with Gasteiger partial charge in [-0.25, -0.2) is 0 Å². The molecule has 2 atom stereocenters. The smallest absolute Gasteiger partial charge is 0.0221 e. The molecule has 0 aromatic rings. The van der Waals surface area contributed by atoms with E-state index >= 15 is 0 Å². The van der Waals surface area contributed by atoms with Gasteiger partial charge in [-0.3, -0.25) is 0 Å². The average Bonchev–Trinajstić information content (AvgIpc) is 2.25. The summed E-state index contributed by atoms with van der Waals surface area (Å²) in [5.41, 5.74) is 0. The fourth-order valence-corrected chi connectivity index (χ4v) is 2.80. The number of rotatable bonds is 0. The van der Waals surface area contributed by atoms with Crippen LogP contribution in [0.5, 0.6) is 0 Å². The van der Waals surface area contributed by atoms with E-state index in [1.54, 1.807) is 0 Å². The Bertz CT molecular complexity index is 140. The zero-order chi connectivity index (χ0) is 9.64. The molecule has 2 N–H and O–H groups in total. The van der Waals surface area contributed by atoms with E-state index in [9.17, 15) is 0 Å². The van der Waals surface area contributed by atoms with Crippen LogP contribution in [0.4, 0.5) is 0 Å². The van der Waals surface area contributed by atoms with E-state index in [1.807, 2.05) is 0 Å². The molecule has 2 aliphatic rings. The molecule has 1 saturated carbocycles. The average molecular weight is 196 g/mol. The number of fused-ring (bicyclic) bond motifs is 1. The highest BCUT2D eigenvalue weighted by Gasteiger charge is 2.23. The Hall–Kier alpha value is -0.0800. The van der Waals surface area contributed by atoms with Crippen LogP contribution in [0.3, 0.4) is 0 Å². The number of hydrogen-bond acceptors (Lipinski definition) is 2. The van der Waals surface area contributed by atoms with Crippen LogP contribution < -0.4 is 10.6 Å². The number of nitrogens with one attached hydrogen (secondary N) is 2. The van der Waals surface area contributed by atoms with Crippen LogP contribution in [-0.4, -0.2) is 25.2 Å². The minimum Gasteiger partial charge on any atom is -0.312 e. The lowest BCUT2D eigenvalue weighted by Crippen LogP contribution is -2.50. The Labute approximate surface area is 87.8 Å². The van der Waals surface area contributed by atoms with E-state index in [2.05, 4.69) is 10.6 Å². The van der Waals surface area contributed by atoms with Crippen LogP contribution in [-0.2, 0) is 0 Å². The van der Waals surface area contributed by atoms with Crippen molar-refractivity contribution < 1.29 is 0 Å². The fraction of sp³-hybridized carbons (Fsp3) is 1.00. The van der Waals surface area contributed by atoms with Crippen molar-refractivity contribution in [3.05, 3.63) is 0 Å². The van der Waals surface area contributed by atoms with Crippen molar-refractivity contribution in [2.24, 2.45) is 0 Å². The topological polar surface area (TPSA) is 24.1 Å². The van der Waals surface area contributed by atoms with Gasteiger partial charge in [0.15, 0.2) is 0 Å². The van der Waals surface area contributed by atoms with Gasteiger partial charge in [0, 0.05) is 12.1 Å². The zero-order valence-electron chi connectivity index (χ0n) is 9.23. The van der Waals surface area contributed by atoms with E-state index < -0.39 is 0 Å². The third kappa shape index (κ3) is 2.96. The van der Waals surface area contributed by atoms with Gasteiger partial charge in [0.2, 0.25) is 0 Å². The molecular weight excluding hydrogens is 172 g/mol. The van der Waals surface area contributed by atoms with E-state index in [-0.39, 0.29) is 0 Å². The monoisotopic (exact) mass is 196 g/mol. The molecular formula is C12H24N2. The van der Waals surface area contributed by atoms with Crippen LogP contribution >= 0.6 is 0 Å². The molecule has 82 valence electrons. The largest absolute Gasteiger partial charge is 0.312 e. The Balaban J connectivity index is 1.84. The molecule has 14 heavy (non-hydrogen) atoms. The Kier molecular flexibility index (Phi) is 4.26. The van der Waals surface area contributed by atoms with Gasteiger partial charge in [-0.15, -0.1) is 0 Å². The van der Waals surface area contributed by atoms with Crippen LogP contribution in [0.25, 0.3) is 0 Å². The maximum atomic E-state index is 3.73. The molecule has 1 saturated heterocycles. The predicted molar refractivity (Wildman–Crippen MR) is 60.5 cm³/mol. The molecule has 1 heterocycles. The van der Waals surface area contributed by atoms with Gasteiger partial charge in [0.1, 0.15) is 0 Å². The summed E-state index contributed by atoms with van der Waals surface area (Å²) in [5.74, 6) is 0. The Morgan fingerprint density at radius 2 is 1.07 bits per heavy atom. The molecule has 1 aliphatic carbocycles. The summed E-state index contributed by atoms with van der Waals surface area (Å²) in [6, 6.07) is 1.53. The third-order valence-corrected chi connectivity index (χ3v) is 3.68. The highest BCUT2D eigenvalue weighted by molar-refractivity contribution is 4.86. The van der Waals surface area contributed by atoms with Crippen LogP contribution in [0.2, 0.25) is 0 Å². The first-order valence-corrected chi connectivity index (χ1v) is 6.43. The first-order chi connectivity index (χ1) is 6.97. The summed E-state index contributed by atoms with van der Waals surface area (Å²) >= 11 is 0. The molecule has 0 bridgehead atoms. The molecule has 0 unspecified atom stereocenters. The molecule has 2 fully saturated rings. The van der Waals surface area contributed by atoms with Crippen LogP contribution in [0, 0.1) is 0 Å². The highest BCUT2D eigenvalue weighted by Crippen LogP contribution is 2.19. The summed E-state index contributed by atoms with van der Waals surface area (Å²) in [6.07, 6.45) is 11.2. The second kappa shape index (κ2) is 5.72. The molecule has 2 heteroatoms. The minimum atomic E-state index is 0.766. The SMILES string of the molecule is C1CCCN[C@H]2CCCC[C@@H]2NCC1. The standard InChI is InChI=1S/C12H24N2/c1-2-6-10-14-12-8-4-3-7-11(12)13-9-5-1/h11-14H,1-10H2/t11-,12-/m0/s1. The Morgan fingerprint density at radius 1 is 0.571 bits per heavy atom. The van der Waals surface area contributed by atoms with E-state index in [0.717, 1.165) is 12.1 Å². The lowest BCUT2D eigenvalue weighted by Gasteiger charge is -2.34. The quantitative estimate of drug-likeness (QED) is 0.619. The van der Waals surface area contributed by atoms with Gasteiger partial charge in [-0.1, -0.05) is 25.7 Å². The lowest BCUT2D eigenvalue weighted by atomic mass is 9.89. The first kappa shape index (κ1) is 10.4. The normalized spacial score (nSPS) is 36.0. The van der Waals surface area contributed by atoms with Crippen LogP contribution in [0.1, 0.15) is 51.4 Å². The fourth-order valence-electron chi connectivity index (χ4n) is 2.80. The first-order valence-electron chi connectivity index (χ1n) is 6.43. The van der Waals surface area contributed by atoms with Gasteiger partial charge < -0.3 is 10.6 Å². The molecule has 0 radical (unpaired) electrons. The van der Waals surface area contributed by atoms with Crippen molar-refractivity contribution in [2.75, 3.05) is 13.1 Å². The van der Waals surface area contributed by atoms with Crippen molar-refractivity contribution in [1.82, 2.24) is 10.6 Å². The maximum absolute atomic E-state index is 3.73. The molecule has 0 amide bonds. The third-order valence-electron chi connectivity index (χ3n) is 3.68. The highest BCUT2D eigenvalue weighted by atomic mass is 15.0. The molecule has 0 aromatic heterocycles. The van der Waals surface area contributed by atoms with Crippen LogP contribution in [0.15, 0.2) is 0 Å². The van der Waals surface area contributed by atoms with E-state index in [1.165, 1.54) is 64.5 Å². The minimum absolute atomic E-state index is 0.766. The maximum Gasteiger partial charge on any atom is 0.0221 e. The lowest BCUT2D eigenvalue weighted by molar-refractivity contribution is 0.276. The van der Waals surface area contributed by atoms with E-state index in [0.29, 0.717) is 0 Å². The van der Waals surface area contributed by atoms with Crippen molar-refractivity contribution >= 4 is 0 Å². The van der Waals surface area contributed by atoms with Crippen molar-refractivity contribution in [2.45, 2.75) is 63.5 Å². The molecule has 1 aliphatic heterocycles. The predicted octanol–water partition coefficient (Wildman–Crippen LogP) is 2.05. The summed E-state index contributed by atoms with van der Waals surface area (Å²) in [5, 5.41) is 7.46. The second-order valence-electron chi connectivity index (χ2n) is 4.82. The van der Waals surface area contributed by atoms with Gasteiger partial charge in [0.05, 0.1) is 0 Å². The second-order valence-corrected chi connectivity index (χ2v) is 4.82. The molecule has 0 spiro atoms. The van der Waals surface area contributed by atoms with Crippen molar-refractivity contribution in [1.29, 1.82) is 0 Å². The zero-order valence-corrected chi connectivity index (χ0v) is 9.23. The van der Waals surface area contributed by atoms with Gasteiger partial charge in [-0.2, -0.15) is 0 Å². The number of hydrogen-bond donors (Lipinski definition) is 2. The summed E-state index contributed by atoms with van der Waals surface area (Å²) in [4.78, 5) is 0. The molecule has 0 aromatic carbocycles. The summed E-state index contributed by atoms with van der Waals surface area (Å²) < 4.78 is 0. The summed E-state index contributed by atoms with van der Waals surface area (Å²) in [7, 11) is 0. The molecule has 2 nitrogen and oxygen atoms in total.